The van der Waals surface area contributed by atoms with Crippen LogP contribution in [0.25, 0.3) is 0 Å². The molecule has 0 fully saturated rings. The molecule has 2 aromatic carbocycles. The maximum atomic E-state index is 13.2. The predicted molar refractivity (Wildman–Crippen MR) is 127 cm³/mol. The molecule has 0 spiro atoms. The summed E-state index contributed by atoms with van der Waals surface area (Å²) in [6.07, 6.45) is 0.0294. The molecule has 7 heteroatoms. The minimum absolute atomic E-state index is 0. The summed E-state index contributed by atoms with van der Waals surface area (Å²) in [5.74, 6) is 1.12. The van der Waals surface area contributed by atoms with Crippen molar-refractivity contribution in [1.82, 2.24) is 10.6 Å². The third kappa shape index (κ3) is 9.45. The normalized spacial score (nSPS) is 12.3. The number of guanidine groups is 1. The van der Waals surface area contributed by atoms with Gasteiger partial charge in [0.2, 0.25) is 0 Å². The van der Waals surface area contributed by atoms with Crippen molar-refractivity contribution in [2.75, 3.05) is 19.6 Å². The molecule has 1 unspecified atom stereocenters. The highest BCUT2D eigenvalue weighted by molar-refractivity contribution is 14.0. The fourth-order valence-corrected chi connectivity index (χ4v) is 2.71. The quantitative estimate of drug-likeness (QED) is 0.268. The lowest BCUT2D eigenvalue weighted by Gasteiger charge is -2.15. The number of nitrogens with zero attached hydrogens (tertiary/aromatic N) is 1. The second kappa shape index (κ2) is 13.4. The molecule has 0 aliphatic heterocycles. The molecule has 0 aliphatic carbocycles. The molecule has 0 aromatic heterocycles. The lowest BCUT2D eigenvalue weighted by Crippen LogP contribution is -2.38. The Kier molecular flexibility index (Phi) is 11.6. The van der Waals surface area contributed by atoms with E-state index < -0.39 is 6.10 Å². The van der Waals surface area contributed by atoms with Gasteiger partial charge in [-0.25, -0.2) is 4.39 Å². The van der Waals surface area contributed by atoms with Crippen LogP contribution >= 0.6 is 24.0 Å². The van der Waals surface area contributed by atoms with Crippen LogP contribution in [0.3, 0.4) is 0 Å². The number of aliphatic imine (C=N–C) groups is 1. The van der Waals surface area contributed by atoms with E-state index in [-0.39, 0.29) is 42.4 Å². The van der Waals surface area contributed by atoms with Gasteiger partial charge in [0.1, 0.15) is 11.6 Å². The Bertz CT molecular complexity index is 771. The Labute approximate surface area is 189 Å². The Hall–Kier alpha value is -1.87. The van der Waals surface area contributed by atoms with Crippen LogP contribution in [0.5, 0.6) is 5.75 Å². The summed E-state index contributed by atoms with van der Waals surface area (Å²) in [5.41, 5.74) is 1.68. The second-order valence-corrected chi connectivity index (χ2v) is 6.78. The molecule has 29 heavy (non-hydrogen) atoms. The molecule has 0 radical (unpaired) electrons. The van der Waals surface area contributed by atoms with Crippen molar-refractivity contribution < 1.29 is 14.2 Å². The Morgan fingerprint density at radius 2 is 1.90 bits per heavy atom. The number of aliphatic hydroxyl groups excluding tert-OH is 1. The molecule has 0 saturated carbocycles. The summed E-state index contributed by atoms with van der Waals surface area (Å²) in [6, 6.07) is 14.0. The smallest absolute Gasteiger partial charge is 0.191 e. The van der Waals surface area contributed by atoms with Crippen LogP contribution in [-0.2, 0) is 6.42 Å². The Balaban J connectivity index is 0.00000420. The highest BCUT2D eigenvalue weighted by atomic mass is 127. The lowest BCUT2D eigenvalue weighted by molar-refractivity contribution is 0.185. The van der Waals surface area contributed by atoms with Gasteiger partial charge < -0.3 is 20.5 Å². The van der Waals surface area contributed by atoms with Crippen molar-refractivity contribution in [3.63, 3.8) is 0 Å². The van der Waals surface area contributed by atoms with Gasteiger partial charge >= 0.3 is 0 Å². The van der Waals surface area contributed by atoms with E-state index in [1.54, 1.807) is 6.07 Å². The molecule has 0 aliphatic rings. The summed E-state index contributed by atoms with van der Waals surface area (Å²) in [5, 5.41) is 16.8. The predicted octanol–water partition coefficient (Wildman–Crippen LogP) is 4.06. The molecule has 1 atom stereocenters. The average Bonchev–Trinajstić information content (AvgIpc) is 2.65. The number of hydrogen-bond donors (Lipinski definition) is 3. The van der Waals surface area contributed by atoms with Gasteiger partial charge in [0.15, 0.2) is 5.96 Å². The van der Waals surface area contributed by atoms with Crippen molar-refractivity contribution in [2.45, 2.75) is 39.4 Å². The van der Waals surface area contributed by atoms with Gasteiger partial charge in [0.25, 0.3) is 0 Å². The summed E-state index contributed by atoms with van der Waals surface area (Å²) in [7, 11) is 0. The highest BCUT2D eigenvalue weighted by Crippen LogP contribution is 2.20. The van der Waals surface area contributed by atoms with Crippen LogP contribution in [-0.4, -0.2) is 36.8 Å². The number of rotatable bonds is 9. The lowest BCUT2D eigenvalue weighted by atomic mass is 10.1. The minimum atomic E-state index is -0.727. The number of hydrogen-bond acceptors (Lipinski definition) is 3. The van der Waals surface area contributed by atoms with Crippen LogP contribution in [0, 0.1) is 5.82 Å². The van der Waals surface area contributed by atoms with Gasteiger partial charge in [-0.05, 0) is 62.6 Å². The van der Waals surface area contributed by atoms with Crippen molar-refractivity contribution in [3.8, 4) is 5.75 Å². The van der Waals surface area contributed by atoms with Crippen molar-refractivity contribution in [2.24, 2.45) is 4.99 Å². The highest BCUT2D eigenvalue weighted by Gasteiger charge is 2.09. The molecule has 0 heterocycles. The van der Waals surface area contributed by atoms with Gasteiger partial charge in [0.05, 0.1) is 18.8 Å². The first-order chi connectivity index (χ1) is 13.5. The molecular formula is C22H31FIN3O2. The SMILES string of the molecule is CCNC(=NCC(O)c1cccc(OC(C)C)c1)NCCc1cccc(F)c1.I. The van der Waals surface area contributed by atoms with E-state index in [2.05, 4.69) is 15.6 Å². The van der Waals surface area contributed by atoms with E-state index in [9.17, 15) is 9.50 Å². The van der Waals surface area contributed by atoms with Gasteiger partial charge in [-0.3, -0.25) is 4.99 Å². The molecule has 3 N–H and O–H groups in total. The van der Waals surface area contributed by atoms with Crippen LogP contribution in [0.1, 0.15) is 38.0 Å². The van der Waals surface area contributed by atoms with Crippen LogP contribution in [0.4, 0.5) is 4.39 Å². The van der Waals surface area contributed by atoms with E-state index in [0.29, 0.717) is 25.5 Å². The first-order valence-corrected chi connectivity index (χ1v) is 9.69. The number of halogens is 2. The van der Waals surface area contributed by atoms with E-state index >= 15 is 0 Å². The summed E-state index contributed by atoms with van der Waals surface area (Å²) < 4.78 is 18.9. The van der Waals surface area contributed by atoms with Crippen molar-refractivity contribution >= 4 is 29.9 Å². The van der Waals surface area contributed by atoms with Crippen LogP contribution in [0.2, 0.25) is 0 Å². The average molecular weight is 515 g/mol. The minimum Gasteiger partial charge on any atom is -0.491 e. The standard InChI is InChI=1S/C22H30FN3O2.HI/c1-4-24-22(25-12-11-17-7-5-9-19(23)13-17)26-15-21(27)18-8-6-10-20(14-18)28-16(2)3;/h5-10,13-14,16,21,27H,4,11-12,15H2,1-3H3,(H2,24,25,26);1H. The third-order valence-corrected chi connectivity index (χ3v) is 3.98. The molecule has 160 valence electrons. The monoisotopic (exact) mass is 515 g/mol. The van der Waals surface area contributed by atoms with E-state index in [1.807, 2.05) is 51.1 Å². The maximum absolute atomic E-state index is 13.2. The van der Waals surface area contributed by atoms with Crippen LogP contribution in [0.15, 0.2) is 53.5 Å². The van der Waals surface area contributed by atoms with Gasteiger partial charge in [0, 0.05) is 13.1 Å². The number of ether oxygens (including phenoxy) is 1. The van der Waals surface area contributed by atoms with Crippen molar-refractivity contribution in [3.05, 3.63) is 65.5 Å². The van der Waals surface area contributed by atoms with E-state index in [4.69, 9.17) is 4.74 Å². The summed E-state index contributed by atoms with van der Waals surface area (Å²) in [4.78, 5) is 4.46. The zero-order valence-electron chi connectivity index (χ0n) is 17.2. The molecular weight excluding hydrogens is 484 g/mol. The number of aliphatic hydroxyl groups is 1. The molecule has 0 amide bonds. The van der Waals surface area contributed by atoms with E-state index in [1.165, 1.54) is 12.1 Å². The zero-order chi connectivity index (χ0) is 20.4. The summed E-state index contributed by atoms with van der Waals surface area (Å²) >= 11 is 0. The first-order valence-electron chi connectivity index (χ1n) is 9.69. The number of benzene rings is 2. The maximum Gasteiger partial charge on any atom is 0.191 e. The molecule has 0 bridgehead atoms. The summed E-state index contributed by atoms with van der Waals surface area (Å²) in [6.45, 7) is 7.45. The van der Waals surface area contributed by atoms with Gasteiger partial charge in [-0.2, -0.15) is 0 Å². The topological polar surface area (TPSA) is 65.9 Å². The molecule has 0 saturated heterocycles. The molecule has 2 aromatic rings. The second-order valence-electron chi connectivity index (χ2n) is 6.78. The molecule has 5 nitrogen and oxygen atoms in total. The fourth-order valence-electron chi connectivity index (χ4n) is 2.71. The fraction of sp³-hybridized carbons (Fsp3) is 0.409. The zero-order valence-corrected chi connectivity index (χ0v) is 19.5. The van der Waals surface area contributed by atoms with E-state index in [0.717, 1.165) is 16.9 Å². The third-order valence-electron chi connectivity index (χ3n) is 3.98. The Morgan fingerprint density at radius 1 is 1.14 bits per heavy atom. The molecule has 2 rings (SSSR count). The van der Waals surface area contributed by atoms with Gasteiger partial charge in [-0.1, -0.05) is 24.3 Å². The van der Waals surface area contributed by atoms with Crippen molar-refractivity contribution in [1.29, 1.82) is 0 Å². The number of nitrogens with one attached hydrogen (secondary N) is 2. The Morgan fingerprint density at radius 3 is 2.59 bits per heavy atom. The van der Waals surface area contributed by atoms with Crippen LogP contribution < -0.4 is 15.4 Å². The largest absolute Gasteiger partial charge is 0.491 e. The first kappa shape index (κ1) is 25.2. The van der Waals surface area contributed by atoms with Gasteiger partial charge in [-0.15, -0.1) is 24.0 Å².